The van der Waals surface area contributed by atoms with Gasteiger partial charge in [0.05, 0.1) is 6.54 Å². The zero-order chi connectivity index (χ0) is 24.9. The van der Waals surface area contributed by atoms with E-state index in [4.69, 9.17) is 4.74 Å². The lowest BCUT2D eigenvalue weighted by molar-refractivity contribution is -0.137. The van der Waals surface area contributed by atoms with Crippen LogP contribution >= 0.6 is 0 Å². The standard InChI is InChI=1S/C27H32FN3O4/c1-18(2)15-23(32)29-22-8-6-7-20(16-22)25-24(26(33)30-13-4-3-5-14-30)31(27(34)35-25)17-19-9-11-21(28)12-10-19/h6-12,16,18,24-25H,3-5,13-15,17H2,1-2H3,(H,29,32). The fourth-order valence-electron chi connectivity index (χ4n) is 4.66. The Morgan fingerprint density at radius 1 is 1.09 bits per heavy atom. The lowest BCUT2D eigenvalue weighted by atomic mass is 9.98. The summed E-state index contributed by atoms with van der Waals surface area (Å²) in [7, 11) is 0. The third-order valence-corrected chi connectivity index (χ3v) is 6.36. The van der Waals surface area contributed by atoms with Crippen molar-refractivity contribution < 1.29 is 23.5 Å². The molecule has 0 saturated carbocycles. The predicted octanol–water partition coefficient (Wildman–Crippen LogP) is 4.88. The maximum absolute atomic E-state index is 13.7. The van der Waals surface area contributed by atoms with Crippen molar-refractivity contribution in [1.29, 1.82) is 0 Å². The van der Waals surface area contributed by atoms with Gasteiger partial charge in [-0.3, -0.25) is 14.5 Å². The van der Waals surface area contributed by atoms with Gasteiger partial charge in [-0.1, -0.05) is 38.1 Å². The first-order valence-electron chi connectivity index (χ1n) is 12.2. The number of halogens is 1. The molecule has 2 unspecified atom stereocenters. The lowest BCUT2D eigenvalue weighted by Gasteiger charge is -2.33. The number of carbonyl (C=O) groups excluding carboxylic acids is 3. The van der Waals surface area contributed by atoms with E-state index in [-0.39, 0.29) is 30.1 Å². The molecule has 0 aromatic heterocycles. The van der Waals surface area contributed by atoms with Crippen molar-refractivity contribution in [2.75, 3.05) is 18.4 Å². The summed E-state index contributed by atoms with van der Waals surface area (Å²) in [6, 6.07) is 12.1. The van der Waals surface area contributed by atoms with Gasteiger partial charge in [-0.05, 0) is 60.6 Å². The van der Waals surface area contributed by atoms with Gasteiger partial charge in [0, 0.05) is 25.2 Å². The Morgan fingerprint density at radius 3 is 2.49 bits per heavy atom. The Balaban J connectivity index is 1.62. The van der Waals surface area contributed by atoms with Crippen LogP contribution in [0, 0.1) is 11.7 Å². The second-order valence-corrected chi connectivity index (χ2v) is 9.66. The van der Waals surface area contributed by atoms with Crippen LogP contribution in [0.2, 0.25) is 0 Å². The van der Waals surface area contributed by atoms with Crippen molar-refractivity contribution in [1.82, 2.24) is 9.80 Å². The molecule has 1 N–H and O–H groups in total. The van der Waals surface area contributed by atoms with Gasteiger partial charge in [0.15, 0.2) is 12.1 Å². The van der Waals surface area contributed by atoms with Gasteiger partial charge in [-0.15, -0.1) is 0 Å². The Morgan fingerprint density at radius 2 is 1.80 bits per heavy atom. The van der Waals surface area contributed by atoms with Crippen LogP contribution in [0.4, 0.5) is 14.9 Å². The Labute approximate surface area is 205 Å². The smallest absolute Gasteiger partial charge is 0.411 e. The molecule has 4 rings (SSSR count). The summed E-state index contributed by atoms with van der Waals surface area (Å²) < 4.78 is 19.2. The zero-order valence-corrected chi connectivity index (χ0v) is 20.2. The number of nitrogens with one attached hydrogen (secondary N) is 1. The molecule has 35 heavy (non-hydrogen) atoms. The number of cyclic esters (lactones) is 1. The Kier molecular flexibility index (Phi) is 7.68. The van der Waals surface area contributed by atoms with E-state index >= 15 is 0 Å². The van der Waals surface area contributed by atoms with Crippen LogP contribution in [0.25, 0.3) is 0 Å². The maximum atomic E-state index is 13.7. The number of hydrogen-bond acceptors (Lipinski definition) is 4. The number of ether oxygens (including phenoxy) is 1. The minimum Gasteiger partial charge on any atom is -0.438 e. The summed E-state index contributed by atoms with van der Waals surface area (Å²) in [6.45, 7) is 5.36. The molecule has 2 atom stereocenters. The fourth-order valence-corrected chi connectivity index (χ4v) is 4.66. The molecular weight excluding hydrogens is 449 g/mol. The highest BCUT2D eigenvalue weighted by Gasteiger charge is 2.48. The molecule has 2 aromatic rings. The van der Waals surface area contributed by atoms with E-state index < -0.39 is 18.2 Å². The molecule has 8 heteroatoms. The zero-order valence-electron chi connectivity index (χ0n) is 20.2. The molecule has 7 nitrogen and oxygen atoms in total. The SMILES string of the molecule is CC(C)CC(=O)Nc1cccc(C2OC(=O)N(Cc3ccc(F)cc3)C2C(=O)N2CCCCC2)c1. The van der Waals surface area contributed by atoms with Crippen molar-refractivity contribution in [2.24, 2.45) is 5.92 Å². The fraction of sp³-hybridized carbons (Fsp3) is 0.444. The van der Waals surface area contributed by atoms with Gasteiger partial charge < -0.3 is 15.0 Å². The number of amides is 3. The number of nitrogens with zero attached hydrogens (tertiary/aromatic N) is 2. The molecular formula is C27H32FN3O4. The highest BCUT2D eigenvalue weighted by molar-refractivity contribution is 5.91. The summed E-state index contributed by atoms with van der Waals surface area (Å²) in [5, 5.41) is 2.89. The average Bonchev–Trinajstić information content (AvgIpc) is 3.16. The van der Waals surface area contributed by atoms with Crippen LogP contribution in [-0.2, 0) is 20.9 Å². The first kappa shape index (κ1) is 24.7. The summed E-state index contributed by atoms with van der Waals surface area (Å²) >= 11 is 0. The molecule has 3 amide bonds. The number of rotatable bonds is 7. The van der Waals surface area contributed by atoms with Crippen LogP contribution in [-0.4, -0.2) is 46.8 Å². The van der Waals surface area contributed by atoms with Crippen molar-refractivity contribution in [3.05, 3.63) is 65.5 Å². The van der Waals surface area contributed by atoms with Gasteiger partial charge in [0.25, 0.3) is 0 Å². The van der Waals surface area contributed by atoms with E-state index in [1.54, 1.807) is 41.3 Å². The molecule has 2 aromatic carbocycles. The second-order valence-electron chi connectivity index (χ2n) is 9.66. The monoisotopic (exact) mass is 481 g/mol. The van der Waals surface area contributed by atoms with Gasteiger partial charge in [-0.25, -0.2) is 9.18 Å². The number of hydrogen-bond donors (Lipinski definition) is 1. The van der Waals surface area contributed by atoms with E-state index in [1.165, 1.54) is 17.0 Å². The van der Waals surface area contributed by atoms with E-state index in [0.717, 1.165) is 19.3 Å². The van der Waals surface area contributed by atoms with Gasteiger partial charge in [0.1, 0.15) is 5.82 Å². The highest BCUT2D eigenvalue weighted by Crippen LogP contribution is 2.36. The van der Waals surface area contributed by atoms with E-state index in [2.05, 4.69) is 5.32 Å². The van der Waals surface area contributed by atoms with E-state index in [0.29, 0.717) is 36.3 Å². The van der Waals surface area contributed by atoms with Crippen LogP contribution in [0.1, 0.15) is 56.8 Å². The third-order valence-electron chi connectivity index (χ3n) is 6.36. The molecule has 2 aliphatic heterocycles. The molecule has 2 aliphatic rings. The molecule has 0 aliphatic carbocycles. The van der Waals surface area contributed by atoms with Crippen LogP contribution < -0.4 is 5.32 Å². The molecule has 2 saturated heterocycles. The quantitative estimate of drug-likeness (QED) is 0.611. The predicted molar refractivity (Wildman–Crippen MR) is 130 cm³/mol. The first-order chi connectivity index (χ1) is 16.8. The molecule has 0 radical (unpaired) electrons. The van der Waals surface area contributed by atoms with Crippen molar-refractivity contribution in [3.63, 3.8) is 0 Å². The number of piperidine rings is 1. The topological polar surface area (TPSA) is 79.0 Å². The van der Waals surface area contributed by atoms with Gasteiger partial charge in [-0.2, -0.15) is 0 Å². The number of benzene rings is 2. The summed E-state index contributed by atoms with van der Waals surface area (Å²) in [5.41, 5.74) is 1.93. The maximum Gasteiger partial charge on any atom is 0.411 e. The largest absolute Gasteiger partial charge is 0.438 e. The lowest BCUT2D eigenvalue weighted by Crippen LogP contribution is -2.49. The van der Waals surface area contributed by atoms with Crippen molar-refractivity contribution >= 4 is 23.6 Å². The van der Waals surface area contributed by atoms with Crippen molar-refractivity contribution in [3.8, 4) is 0 Å². The van der Waals surface area contributed by atoms with Crippen LogP contribution in [0.15, 0.2) is 48.5 Å². The number of carbonyl (C=O) groups is 3. The van der Waals surface area contributed by atoms with E-state index in [1.807, 2.05) is 13.8 Å². The van der Waals surface area contributed by atoms with Crippen LogP contribution in [0.5, 0.6) is 0 Å². The third kappa shape index (κ3) is 5.99. The highest BCUT2D eigenvalue weighted by atomic mass is 19.1. The molecule has 2 heterocycles. The summed E-state index contributed by atoms with van der Waals surface area (Å²) in [6.07, 6.45) is 1.90. The normalized spacial score (nSPS) is 20.2. The van der Waals surface area contributed by atoms with E-state index in [9.17, 15) is 18.8 Å². The summed E-state index contributed by atoms with van der Waals surface area (Å²) in [4.78, 5) is 42.2. The Bertz CT molecular complexity index is 1070. The number of likely N-dealkylation sites (tertiary alicyclic amines) is 1. The first-order valence-corrected chi connectivity index (χ1v) is 12.2. The molecule has 0 spiro atoms. The second kappa shape index (κ2) is 10.9. The average molecular weight is 482 g/mol. The molecule has 2 fully saturated rings. The molecule has 186 valence electrons. The minimum atomic E-state index is -0.854. The van der Waals surface area contributed by atoms with Crippen molar-refractivity contribution in [2.45, 2.75) is 58.2 Å². The summed E-state index contributed by atoms with van der Waals surface area (Å²) in [5.74, 6) is -0.398. The minimum absolute atomic E-state index is 0.0977. The number of anilines is 1. The molecule has 0 bridgehead atoms. The van der Waals surface area contributed by atoms with Crippen LogP contribution in [0.3, 0.4) is 0 Å². The Hall–Kier alpha value is -3.42. The van der Waals surface area contributed by atoms with Gasteiger partial charge in [0.2, 0.25) is 11.8 Å². The van der Waals surface area contributed by atoms with Gasteiger partial charge >= 0.3 is 6.09 Å².